The van der Waals surface area contributed by atoms with E-state index in [1.54, 1.807) is 0 Å². The third-order valence-electron chi connectivity index (χ3n) is 4.61. The number of halogens is 3. The predicted molar refractivity (Wildman–Crippen MR) is 80.6 cm³/mol. The van der Waals surface area contributed by atoms with E-state index in [0.717, 1.165) is 42.6 Å². The number of hydrogen-bond donors (Lipinski definition) is 1. The van der Waals surface area contributed by atoms with Gasteiger partial charge >= 0.3 is 6.18 Å². The van der Waals surface area contributed by atoms with Crippen LogP contribution in [0.4, 0.5) is 13.2 Å². The third kappa shape index (κ3) is 2.69. The van der Waals surface area contributed by atoms with E-state index in [1.165, 1.54) is 12.5 Å². The number of hydrogen-bond acceptors (Lipinski definition) is 2. The Hall–Kier alpha value is -1.07. The monoisotopic (exact) mass is 313 g/mol. The molecule has 21 heavy (non-hydrogen) atoms. The Morgan fingerprint density at radius 1 is 1.10 bits per heavy atom. The van der Waals surface area contributed by atoms with Crippen molar-refractivity contribution < 1.29 is 13.2 Å². The van der Waals surface area contributed by atoms with Crippen LogP contribution in [0.15, 0.2) is 24.3 Å². The Bertz CT molecular complexity index is 638. The van der Waals surface area contributed by atoms with Crippen molar-refractivity contribution in [2.45, 2.75) is 43.7 Å². The Morgan fingerprint density at radius 2 is 1.81 bits per heavy atom. The van der Waals surface area contributed by atoms with E-state index >= 15 is 0 Å². The summed E-state index contributed by atoms with van der Waals surface area (Å²) < 4.78 is 39.1. The smallest absolute Gasteiger partial charge is 0.330 e. The molecule has 0 spiro atoms. The van der Waals surface area contributed by atoms with E-state index in [1.807, 2.05) is 18.2 Å². The normalized spacial score (nSPS) is 19.0. The van der Waals surface area contributed by atoms with Gasteiger partial charge in [-0.3, -0.25) is 0 Å². The lowest BCUT2D eigenvalue weighted by Crippen LogP contribution is -2.37. The lowest BCUT2D eigenvalue weighted by molar-refractivity contribution is -0.134. The van der Waals surface area contributed by atoms with Gasteiger partial charge in [0.1, 0.15) is 4.88 Å². The van der Waals surface area contributed by atoms with Gasteiger partial charge in [0.05, 0.1) is 0 Å². The second-order valence-electron chi connectivity index (χ2n) is 5.91. The molecule has 0 bridgehead atoms. The highest BCUT2D eigenvalue weighted by Crippen LogP contribution is 2.42. The standard InChI is InChI=1S/C16H18F3NS/c17-16(18,19)14-9-11-8-12(4-5-13(11)21-14)15(10-20)6-2-1-3-7-15/h4-5,8-9H,1-3,6-7,10,20H2. The first-order chi connectivity index (χ1) is 9.94. The molecule has 5 heteroatoms. The van der Waals surface area contributed by atoms with Gasteiger partial charge in [0.15, 0.2) is 0 Å². The highest BCUT2D eigenvalue weighted by atomic mass is 32.1. The lowest BCUT2D eigenvalue weighted by Gasteiger charge is -2.37. The van der Waals surface area contributed by atoms with Gasteiger partial charge in [-0.25, -0.2) is 0 Å². The van der Waals surface area contributed by atoms with Gasteiger partial charge in [0.25, 0.3) is 0 Å². The summed E-state index contributed by atoms with van der Waals surface area (Å²) in [4.78, 5) is -0.528. The van der Waals surface area contributed by atoms with E-state index < -0.39 is 11.1 Å². The van der Waals surface area contributed by atoms with Crippen LogP contribution in [0.2, 0.25) is 0 Å². The predicted octanol–water partition coefficient (Wildman–Crippen LogP) is 5.08. The van der Waals surface area contributed by atoms with E-state index in [2.05, 4.69) is 0 Å². The molecule has 0 radical (unpaired) electrons. The van der Waals surface area contributed by atoms with Gasteiger partial charge in [-0.2, -0.15) is 13.2 Å². The molecule has 0 saturated heterocycles. The molecule has 1 nitrogen and oxygen atoms in total. The fourth-order valence-corrected chi connectivity index (χ4v) is 4.26. The number of alkyl halides is 3. The van der Waals surface area contributed by atoms with Crippen LogP contribution in [0.3, 0.4) is 0 Å². The van der Waals surface area contributed by atoms with Crippen LogP contribution >= 0.6 is 11.3 Å². The molecule has 0 atom stereocenters. The van der Waals surface area contributed by atoms with Crippen molar-refractivity contribution in [2.75, 3.05) is 6.54 Å². The molecular weight excluding hydrogens is 295 g/mol. The zero-order chi connectivity index (χ0) is 15.1. The molecule has 1 aromatic carbocycles. The van der Waals surface area contributed by atoms with Crippen molar-refractivity contribution in [1.82, 2.24) is 0 Å². The molecule has 0 unspecified atom stereocenters. The molecule has 2 aromatic rings. The minimum absolute atomic E-state index is 0.0488. The Kier molecular flexibility index (Phi) is 3.74. The molecule has 1 aliphatic rings. The number of fused-ring (bicyclic) bond motifs is 1. The van der Waals surface area contributed by atoms with Gasteiger partial charge in [0.2, 0.25) is 0 Å². The second kappa shape index (κ2) is 5.29. The van der Waals surface area contributed by atoms with Crippen LogP contribution in [-0.4, -0.2) is 6.54 Å². The molecule has 1 aliphatic carbocycles. The van der Waals surface area contributed by atoms with Crippen molar-refractivity contribution in [3.05, 3.63) is 34.7 Å². The highest BCUT2D eigenvalue weighted by molar-refractivity contribution is 7.19. The summed E-state index contributed by atoms with van der Waals surface area (Å²) in [6.07, 6.45) is 1.32. The summed E-state index contributed by atoms with van der Waals surface area (Å²) in [5.74, 6) is 0. The second-order valence-corrected chi connectivity index (χ2v) is 6.99. The number of thiophene rings is 1. The Morgan fingerprint density at radius 3 is 2.43 bits per heavy atom. The number of benzene rings is 1. The topological polar surface area (TPSA) is 26.0 Å². The molecule has 3 rings (SSSR count). The summed E-state index contributed by atoms with van der Waals surface area (Å²) in [6.45, 7) is 0.564. The van der Waals surface area contributed by atoms with Gasteiger partial charge in [0, 0.05) is 16.7 Å². The summed E-state index contributed by atoms with van der Waals surface area (Å²) in [7, 11) is 0. The number of rotatable bonds is 2. The largest absolute Gasteiger partial charge is 0.425 e. The first kappa shape index (κ1) is 14.9. The molecular formula is C16H18F3NS. The van der Waals surface area contributed by atoms with Crippen LogP contribution < -0.4 is 5.73 Å². The van der Waals surface area contributed by atoms with Crippen LogP contribution in [0.1, 0.15) is 42.5 Å². The minimum Gasteiger partial charge on any atom is -0.330 e. The molecule has 1 saturated carbocycles. The maximum Gasteiger partial charge on any atom is 0.425 e. The first-order valence-electron chi connectivity index (χ1n) is 7.26. The van der Waals surface area contributed by atoms with Crippen molar-refractivity contribution in [2.24, 2.45) is 5.73 Å². The maximum atomic E-state index is 12.8. The zero-order valence-corrected chi connectivity index (χ0v) is 12.5. The maximum absolute atomic E-state index is 12.8. The SMILES string of the molecule is NCC1(c2ccc3sc(C(F)(F)F)cc3c2)CCCCC1. The van der Waals surface area contributed by atoms with Gasteiger partial charge < -0.3 is 5.73 Å². The molecule has 0 aliphatic heterocycles. The van der Waals surface area contributed by atoms with Gasteiger partial charge in [-0.15, -0.1) is 11.3 Å². The summed E-state index contributed by atoms with van der Waals surface area (Å²) >= 11 is 0.810. The third-order valence-corrected chi connectivity index (χ3v) is 5.77. The van der Waals surface area contributed by atoms with Gasteiger partial charge in [-0.1, -0.05) is 25.3 Å². The molecule has 1 heterocycles. The Balaban J connectivity index is 2.04. The summed E-state index contributed by atoms with van der Waals surface area (Å²) in [5.41, 5.74) is 7.06. The van der Waals surface area contributed by atoms with Crippen LogP contribution in [0.25, 0.3) is 10.1 Å². The Labute approximate surface area is 126 Å². The first-order valence-corrected chi connectivity index (χ1v) is 8.08. The quantitative estimate of drug-likeness (QED) is 0.822. The van der Waals surface area contributed by atoms with E-state index in [0.29, 0.717) is 16.6 Å². The molecule has 2 N–H and O–H groups in total. The molecule has 114 valence electrons. The molecule has 1 fully saturated rings. The fourth-order valence-electron chi connectivity index (χ4n) is 3.35. The van der Waals surface area contributed by atoms with Crippen LogP contribution in [0, 0.1) is 0 Å². The molecule has 0 amide bonds. The number of nitrogens with two attached hydrogens (primary N) is 1. The van der Waals surface area contributed by atoms with E-state index in [9.17, 15) is 13.2 Å². The summed E-state index contributed by atoms with van der Waals surface area (Å²) in [6, 6.07) is 6.96. The summed E-state index contributed by atoms with van der Waals surface area (Å²) in [5, 5.41) is 0.684. The lowest BCUT2D eigenvalue weighted by atomic mass is 9.69. The van der Waals surface area contributed by atoms with Crippen molar-refractivity contribution >= 4 is 21.4 Å². The van der Waals surface area contributed by atoms with Crippen molar-refractivity contribution in [1.29, 1.82) is 0 Å². The van der Waals surface area contributed by atoms with E-state index in [4.69, 9.17) is 5.73 Å². The van der Waals surface area contributed by atoms with Crippen molar-refractivity contribution in [3.8, 4) is 0 Å². The fraction of sp³-hybridized carbons (Fsp3) is 0.500. The van der Waals surface area contributed by atoms with Crippen LogP contribution in [0.5, 0.6) is 0 Å². The average molecular weight is 313 g/mol. The van der Waals surface area contributed by atoms with Crippen molar-refractivity contribution in [3.63, 3.8) is 0 Å². The highest BCUT2D eigenvalue weighted by Gasteiger charge is 2.35. The molecule has 1 aromatic heterocycles. The average Bonchev–Trinajstić information content (AvgIpc) is 2.91. The minimum atomic E-state index is -4.26. The van der Waals surface area contributed by atoms with Gasteiger partial charge in [-0.05, 0) is 42.0 Å². The van der Waals surface area contributed by atoms with E-state index in [-0.39, 0.29) is 5.41 Å². The zero-order valence-electron chi connectivity index (χ0n) is 11.7. The van der Waals surface area contributed by atoms with Crippen LogP contribution in [-0.2, 0) is 11.6 Å².